The summed E-state index contributed by atoms with van der Waals surface area (Å²) in [5.74, 6) is -0.411. The van der Waals surface area contributed by atoms with Crippen LogP contribution in [-0.2, 0) is 17.8 Å². The highest BCUT2D eigenvalue weighted by molar-refractivity contribution is 6.21. The quantitative estimate of drug-likeness (QED) is 0.164. The highest BCUT2D eigenvalue weighted by atomic mass is 16.6. The smallest absolute Gasteiger partial charge is 0.411 e. The van der Waals surface area contributed by atoms with E-state index in [0.29, 0.717) is 28.7 Å². The number of anilines is 1. The first kappa shape index (κ1) is 31.2. The van der Waals surface area contributed by atoms with E-state index in [2.05, 4.69) is 48.6 Å². The van der Waals surface area contributed by atoms with E-state index < -0.39 is 6.09 Å². The maximum absolute atomic E-state index is 12.9. The number of hydrogen-bond acceptors (Lipinski definition) is 5. The van der Waals surface area contributed by atoms with Gasteiger partial charge in [0.2, 0.25) is 0 Å². The van der Waals surface area contributed by atoms with Crippen molar-refractivity contribution in [2.45, 2.75) is 32.0 Å². The summed E-state index contributed by atoms with van der Waals surface area (Å²) in [5, 5.41) is 2.96. The number of nitrogens with zero attached hydrogens (tertiary/aromatic N) is 3. The molecule has 0 spiro atoms. The molecule has 2 aliphatic rings. The van der Waals surface area contributed by atoms with Crippen LogP contribution in [0.2, 0.25) is 0 Å². The number of hydrogen-bond donors (Lipinski definition) is 1. The lowest BCUT2D eigenvalue weighted by molar-refractivity contribution is -0.902. The summed E-state index contributed by atoms with van der Waals surface area (Å²) >= 11 is 0. The summed E-state index contributed by atoms with van der Waals surface area (Å²) in [6.45, 7) is 4.30. The highest BCUT2D eigenvalue weighted by Gasteiger charge is 2.36. The molecule has 0 unspecified atom stereocenters. The van der Waals surface area contributed by atoms with Gasteiger partial charge in [-0.05, 0) is 42.2 Å². The lowest BCUT2D eigenvalue weighted by atomic mass is 10.0. The molecular formula is C38H41N4O4+. The van der Waals surface area contributed by atoms with Crippen molar-refractivity contribution in [3.8, 4) is 11.1 Å². The molecule has 0 aromatic heterocycles. The Kier molecular flexibility index (Phi) is 9.28. The third-order valence-corrected chi connectivity index (χ3v) is 8.97. The number of ether oxygens (including phenoxy) is 1. The van der Waals surface area contributed by atoms with Crippen molar-refractivity contribution in [2.24, 2.45) is 0 Å². The number of likely N-dealkylation sites (tertiary alicyclic amines) is 1. The molecule has 4 aromatic rings. The van der Waals surface area contributed by atoms with E-state index in [1.807, 2.05) is 54.6 Å². The molecule has 8 heteroatoms. The molecule has 236 valence electrons. The minimum Gasteiger partial charge on any atom is -0.446 e. The fourth-order valence-corrected chi connectivity index (χ4v) is 6.40. The number of carbonyl (C=O) groups excluding carboxylic acids is 3. The first-order valence-electron chi connectivity index (χ1n) is 16.0. The van der Waals surface area contributed by atoms with E-state index in [1.54, 1.807) is 24.3 Å². The standard InChI is InChI=1S/C38H40N4O4/c1-42(2,25-24-41-36(43)33-17-8-9-18-34(33)37(41)44)27-30-15-7-6-14-29(30)26-40-22-20-31(21-23-40)46-38(45)39-35-19-11-10-16-32(35)28-12-4-3-5-13-28/h3-19,31H,20-27H2,1-2H3/p+1. The van der Waals surface area contributed by atoms with Crippen molar-refractivity contribution in [1.29, 1.82) is 0 Å². The van der Waals surface area contributed by atoms with Crippen molar-refractivity contribution in [1.82, 2.24) is 9.80 Å². The van der Waals surface area contributed by atoms with E-state index in [1.165, 1.54) is 16.0 Å². The van der Waals surface area contributed by atoms with Gasteiger partial charge in [-0.1, -0.05) is 84.9 Å². The SMILES string of the molecule is C[N+](C)(CCN1C(=O)c2ccccc2C1=O)Cc1ccccc1CN1CCC(OC(=O)Nc2ccccc2-c2ccccc2)CC1. The molecule has 1 N–H and O–H groups in total. The lowest BCUT2D eigenvalue weighted by Crippen LogP contribution is -2.46. The van der Waals surface area contributed by atoms with E-state index in [0.717, 1.165) is 55.8 Å². The Morgan fingerprint density at radius 2 is 1.33 bits per heavy atom. The van der Waals surface area contributed by atoms with Crippen LogP contribution in [0.1, 0.15) is 44.7 Å². The Morgan fingerprint density at radius 3 is 2.00 bits per heavy atom. The van der Waals surface area contributed by atoms with Gasteiger partial charge < -0.3 is 9.22 Å². The lowest BCUT2D eigenvalue weighted by Gasteiger charge is -2.34. The molecule has 0 saturated carbocycles. The molecule has 2 heterocycles. The summed E-state index contributed by atoms with van der Waals surface area (Å²) in [7, 11) is 4.28. The van der Waals surface area contributed by atoms with Crippen LogP contribution < -0.4 is 5.32 Å². The van der Waals surface area contributed by atoms with Crippen LogP contribution in [0.5, 0.6) is 0 Å². The summed E-state index contributed by atoms with van der Waals surface area (Å²) in [6.07, 6.45) is 0.997. The largest absolute Gasteiger partial charge is 0.446 e. The molecule has 2 aliphatic heterocycles. The molecular weight excluding hydrogens is 576 g/mol. The van der Waals surface area contributed by atoms with Crippen LogP contribution >= 0.6 is 0 Å². The van der Waals surface area contributed by atoms with Gasteiger partial charge >= 0.3 is 6.09 Å². The Hall–Kier alpha value is -4.79. The van der Waals surface area contributed by atoms with Gasteiger partial charge in [0.25, 0.3) is 11.8 Å². The monoisotopic (exact) mass is 617 g/mol. The second-order valence-corrected chi connectivity index (χ2v) is 12.8. The van der Waals surface area contributed by atoms with Crippen molar-refractivity contribution in [2.75, 3.05) is 45.6 Å². The van der Waals surface area contributed by atoms with Crippen LogP contribution in [0.4, 0.5) is 10.5 Å². The number of imide groups is 1. The third-order valence-electron chi connectivity index (χ3n) is 8.97. The zero-order valence-corrected chi connectivity index (χ0v) is 26.5. The summed E-state index contributed by atoms with van der Waals surface area (Å²) in [4.78, 5) is 42.4. The van der Waals surface area contributed by atoms with Gasteiger partial charge in [-0.25, -0.2) is 4.79 Å². The van der Waals surface area contributed by atoms with Crippen molar-refractivity contribution in [3.63, 3.8) is 0 Å². The summed E-state index contributed by atoms with van der Waals surface area (Å²) < 4.78 is 6.49. The molecule has 4 aromatic carbocycles. The van der Waals surface area contributed by atoms with Crippen LogP contribution in [0.25, 0.3) is 11.1 Å². The maximum atomic E-state index is 12.9. The number of amides is 3. The summed E-state index contributed by atoms with van der Waals surface area (Å²) in [5.41, 5.74) is 6.24. The van der Waals surface area contributed by atoms with E-state index in [-0.39, 0.29) is 17.9 Å². The number of fused-ring (bicyclic) bond motifs is 1. The van der Waals surface area contributed by atoms with E-state index in [4.69, 9.17) is 4.74 Å². The number of quaternary nitrogens is 1. The topological polar surface area (TPSA) is 79.0 Å². The average Bonchev–Trinajstić information content (AvgIpc) is 3.31. The number of likely N-dealkylation sites (N-methyl/N-ethyl adjacent to an activating group) is 1. The zero-order chi connectivity index (χ0) is 32.1. The Labute approximate surface area is 270 Å². The number of carbonyl (C=O) groups is 3. The van der Waals surface area contributed by atoms with Crippen molar-refractivity contribution < 1.29 is 23.6 Å². The fraction of sp³-hybridized carbons (Fsp3) is 0.289. The molecule has 0 bridgehead atoms. The number of piperidine rings is 1. The molecule has 0 radical (unpaired) electrons. The Balaban J connectivity index is 0.997. The Bertz CT molecular complexity index is 1680. The molecule has 1 saturated heterocycles. The van der Waals surface area contributed by atoms with Crippen molar-refractivity contribution in [3.05, 3.63) is 125 Å². The van der Waals surface area contributed by atoms with E-state index >= 15 is 0 Å². The first-order chi connectivity index (χ1) is 22.3. The van der Waals surface area contributed by atoms with E-state index in [9.17, 15) is 14.4 Å². The third kappa shape index (κ3) is 7.19. The summed E-state index contributed by atoms with van der Waals surface area (Å²) in [6, 6.07) is 33.3. The Morgan fingerprint density at radius 1 is 0.761 bits per heavy atom. The minimum absolute atomic E-state index is 0.131. The number of rotatable bonds is 10. The van der Waals surface area contributed by atoms with Gasteiger partial charge in [-0.2, -0.15) is 0 Å². The van der Waals surface area contributed by atoms with Crippen LogP contribution in [0.15, 0.2) is 103 Å². The second kappa shape index (κ2) is 13.7. The molecule has 1 fully saturated rings. The van der Waals surface area contributed by atoms with Crippen LogP contribution in [0.3, 0.4) is 0 Å². The average molecular weight is 618 g/mol. The fourth-order valence-electron chi connectivity index (χ4n) is 6.40. The van der Waals surface area contributed by atoms with Crippen molar-refractivity contribution >= 4 is 23.6 Å². The molecule has 46 heavy (non-hydrogen) atoms. The van der Waals surface area contributed by atoms with Gasteiger partial charge in [-0.3, -0.25) is 24.7 Å². The van der Waals surface area contributed by atoms with Gasteiger partial charge in [-0.15, -0.1) is 0 Å². The van der Waals surface area contributed by atoms with Gasteiger partial charge in [0.05, 0.1) is 44.0 Å². The van der Waals surface area contributed by atoms with Gasteiger partial charge in [0.1, 0.15) is 12.6 Å². The predicted molar refractivity (Wildman–Crippen MR) is 179 cm³/mol. The predicted octanol–water partition coefficient (Wildman–Crippen LogP) is 6.44. The molecule has 0 aliphatic carbocycles. The molecule has 0 atom stereocenters. The normalized spacial score (nSPS) is 15.6. The number of nitrogens with one attached hydrogen (secondary N) is 1. The van der Waals surface area contributed by atoms with Gasteiger partial charge in [0.15, 0.2) is 0 Å². The zero-order valence-electron chi connectivity index (χ0n) is 26.5. The number of para-hydroxylation sites is 1. The minimum atomic E-state index is -0.423. The van der Waals surface area contributed by atoms with Crippen LogP contribution in [0, 0.1) is 0 Å². The molecule has 3 amide bonds. The molecule has 6 rings (SSSR count). The second-order valence-electron chi connectivity index (χ2n) is 12.8. The highest BCUT2D eigenvalue weighted by Crippen LogP contribution is 2.28. The maximum Gasteiger partial charge on any atom is 0.411 e. The van der Waals surface area contributed by atoms with Gasteiger partial charge in [0, 0.05) is 30.8 Å². The number of benzene rings is 4. The van der Waals surface area contributed by atoms with Crippen LogP contribution in [-0.4, -0.2) is 78.6 Å². The first-order valence-corrected chi connectivity index (χ1v) is 16.0. The molecule has 8 nitrogen and oxygen atoms in total.